The molecule has 0 atom stereocenters. The van der Waals surface area contributed by atoms with E-state index in [-0.39, 0.29) is 5.92 Å². The average molecular weight is 448 g/mol. The van der Waals surface area contributed by atoms with Crippen molar-refractivity contribution in [1.29, 1.82) is 0 Å². The van der Waals surface area contributed by atoms with Crippen molar-refractivity contribution in [2.24, 2.45) is 5.92 Å². The molecule has 0 radical (unpaired) electrons. The van der Waals surface area contributed by atoms with Crippen LogP contribution >= 0.6 is 0 Å². The molecule has 2 fully saturated rings. The van der Waals surface area contributed by atoms with Crippen LogP contribution in [0.15, 0.2) is 42.7 Å². The van der Waals surface area contributed by atoms with E-state index in [9.17, 15) is 4.79 Å². The molecular formula is C26H33N5O2. The van der Waals surface area contributed by atoms with Gasteiger partial charge in [-0.05, 0) is 44.9 Å². The maximum absolute atomic E-state index is 12.7. The van der Waals surface area contributed by atoms with Crippen LogP contribution in [0, 0.1) is 5.92 Å². The van der Waals surface area contributed by atoms with Gasteiger partial charge in [0.15, 0.2) is 5.65 Å². The van der Waals surface area contributed by atoms with Gasteiger partial charge in [-0.25, -0.2) is 4.98 Å². The van der Waals surface area contributed by atoms with E-state index < -0.39 is 0 Å². The highest BCUT2D eigenvalue weighted by molar-refractivity contribution is 5.80. The number of rotatable bonds is 8. The molecular weight excluding hydrogens is 414 g/mol. The van der Waals surface area contributed by atoms with Gasteiger partial charge in [0.2, 0.25) is 5.91 Å². The zero-order chi connectivity index (χ0) is 22.6. The summed E-state index contributed by atoms with van der Waals surface area (Å²) in [6.45, 7) is 3.92. The standard InChI is InChI=1S/C26H33N5O2/c1-30(16-17-33-21-8-3-2-4-9-21)18-22-23(29-25-24(22)27-12-13-28-25)19-10-14-31(15-11-19)26(32)20-6-5-7-20/h2-4,8-9,12-13,19-20H,5-7,10-11,14-18H2,1H3,(H,28,29). The van der Waals surface area contributed by atoms with Crippen LogP contribution in [0.1, 0.15) is 49.3 Å². The number of hydrogen-bond acceptors (Lipinski definition) is 5. The molecule has 7 heteroatoms. The summed E-state index contributed by atoms with van der Waals surface area (Å²) in [5, 5.41) is 0. The van der Waals surface area contributed by atoms with Crippen LogP contribution in [-0.2, 0) is 11.3 Å². The van der Waals surface area contributed by atoms with E-state index in [2.05, 4.69) is 31.8 Å². The maximum Gasteiger partial charge on any atom is 0.225 e. The third-order valence-corrected chi connectivity index (χ3v) is 7.14. The van der Waals surface area contributed by atoms with Gasteiger partial charge in [-0.15, -0.1) is 0 Å². The van der Waals surface area contributed by atoms with E-state index in [0.29, 0.717) is 18.4 Å². The van der Waals surface area contributed by atoms with Crippen LogP contribution in [0.2, 0.25) is 0 Å². The third kappa shape index (κ3) is 4.88. The van der Waals surface area contributed by atoms with E-state index in [1.54, 1.807) is 12.4 Å². The number of hydrogen-bond donors (Lipinski definition) is 1. The molecule has 1 saturated carbocycles. The number of carbonyl (C=O) groups is 1. The first kappa shape index (κ1) is 21.9. The molecule has 1 aromatic carbocycles. The van der Waals surface area contributed by atoms with Gasteiger partial charge in [0.1, 0.15) is 17.9 Å². The first-order chi connectivity index (χ1) is 16.2. The number of likely N-dealkylation sites (N-methyl/N-ethyl adjacent to an activating group) is 1. The van der Waals surface area contributed by atoms with E-state index >= 15 is 0 Å². The molecule has 2 aromatic heterocycles. The van der Waals surface area contributed by atoms with Crippen LogP contribution < -0.4 is 4.74 Å². The van der Waals surface area contributed by atoms with E-state index in [0.717, 1.165) is 68.8 Å². The van der Waals surface area contributed by atoms with Crippen molar-refractivity contribution in [3.05, 3.63) is 54.0 Å². The third-order valence-electron chi connectivity index (χ3n) is 7.14. The van der Waals surface area contributed by atoms with Gasteiger partial charge >= 0.3 is 0 Å². The lowest BCUT2D eigenvalue weighted by Crippen LogP contribution is -2.43. The highest BCUT2D eigenvalue weighted by Crippen LogP contribution is 2.35. The Balaban J connectivity index is 1.25. The summed E-state index contributed by atoms with van der Waals surface area (Å²) < 4.78 is 5.88. The number of carbonyl (C=O) groups excluding carboxylic acids is 1. The van der Waals surface area contributed by atoms with Crippen molar-refractivity contribution in [3.8, 4) is 5.75 Å². The zero-order valence-electron chi connectivity index (χ0n) is 19.4. The predicted molar refractivity (Wildman–Crippen MR) is 128 cm³/mol. The van der Waals surface area contributed by atoms with Crippen LogP contribution in [0.3, 0.4) is 0 Å². The lowest BCUT2D eigenvalue weighted by atomic mass is 9.83. The molecule has 1 aliphatic heterocycles. The van der Waals surface area contributed by atoms with Gasteiger partial charge in [-0.2, -0.15) is 0 Å². The Bertz CT molecular complexity index is 1070. The number of aromatic amines is 1. The van der Waals surface area contributed by atoms with Gasteiger partial charge in [0, 0.05) is 61.7 Å². The normalized spacial score (nSPS) is 17.5. The largest absolute Gasteiger partial charge is 0.492 e. The summed E-state index contributed by atoms with van der Waals surface area (Å²) in [7, 11) is 2.12. The maximum atomic E-state index is 12.7. The minimum Gasteiger partial charge on any atom is -0.492 e. The molecule has 7 nitrogen and oxygen atoms in total. The Morgan fingerprint density at radius 1 is 1.12 bits per heavy atom. The Labute approximate surface area is 195 Å². The molecule has 5 rings (SSSR count). The zero-order valence-corrected chi connectivity index (χ0v) is 19.4. The number of nitrogens with zero attached hydrogens (tertiary/aromatic N) is 4. The highest BCUT2D eigenvalue weighted by Gasteiger charge is 2.33. The number of benzene rings is 1. The number of piperidine rings is 1. The van der Waals surface area contributed by atoms with Crippen molar-refractivity contribution in [2.75, 3.05) is 33.3 Å². The first-order valence-corrected chi connectivity index (χ1v) is 12.2. The minimum atomic E-state index is 0.283. The number of fused-ring (bicyclic) bond motifs is 1. The summed E-state index contributed by atoms with van der Waals surface area (Å²) in [4.78, 5) is 29.8. The van der Waals surface area contributed by atoms with Crippen molar-refractivity contribution in [2.45, 2.75) is 44.6 Å². The number of H-pyrrole nitrogens is 1. The monoisotopic (exact) mass is 447 g/mol. The molecule has 174 valence electrons. The molecule has 3 aromatic rings. The second kappa shape index (κ2) is 9.91. The molecule has 1 N–H and O–H groups in total. The van der Waals surface area contributed by atoms with Crippen molar-refractivity contribution >= 4 is 17.1 Å². The van der Waals surface area contributed by atoms with Crippen LogP contribution in [0.4, 0.5) is 0 Å². The van der Waals surface area contributed by atoms with Crippen LogP contribution in [0.5, 0.6) is 5.75 Å². The number of aromatic nitrogens is 3. The fourth-order valence-corrected chi connectivity index (χ4v) is 4.98. The van der Waals surface area contributed by atoms with E-state index in [4.69, 9.17) is 4.74 Å². The molecule has 0 spiro atoms. The van der Waals surface area contributed by atoms with E-state index in [1.165, 1.54) is 17.7 Å². The van der Waals surface area contributed by atoms with Crippen molar-refractivity contribution in [3.63, 3.8) is 0 Å². The second-order valence-corrected chi connectivity index (χ2v) is 9.40. The Hall–Kier alpha value is -2.93. The summed E-state index contributed by atoms with van der Waals surface area (Å²) in [6, 6.07) is 9.93. The van der Waals surface area contributed by atoms with E-state index in [1.807, 2.05) is 30.3 Å². The average Bonchev–Trinajstić information content (AvgIpc) is 3.17. The van der Waals surface area contributed by atoms with Gasteiger partial charge in [0.25, 0.3) is 0 Å². The van der Waals surface area contributed by atoms with Gasteiger partial charge in [-0.1, -0.05) is 24.6 Å². The number of amides is 1. The summed E-state index contributed by atoms with van der Waals surface area (Å²) in [6.07, 6.45) is 8.82. The van der Waals surface area contributed by atoms with Crippen molar-refractivity contribution < 1.29 is 9.53 Å². The Morgan fingerprint density at radius 2 is 1.88 bits per heavy atom. The molecule has 3 heterocycles. The summed E-state index contributed by atoms with van der Waals surface area (Å²) >= 11 is 0. The molecule has 33 heavy (non-hydrogen) atoms. The van der Waals surface area contributed by atoms with Crippen LogP contribution in [-0.4, -0.2) is 63.9 Å². The smallest absolute Gasteiger partial charge is 0.225 e. The lowest BCUT2D eigenvalue weighted by Gasteiger charge is -2.36. The predicted octanol–water partition coefficient (Wildman–Crippen LogP) is 3.97. The Kier molecular flexibility index (Phi) is 6.58. The number of likely N-dealkylation sites (tertiary alicyclic amines) is 1. The molecule has 1 saturated heterocycles. The first-order valence-electron chi connectivity index (χ1n) is 12.2. The number of para-hydroxylation sites is 1. The number of ether oxygens (including phenoxy) is 1. The van der Waals surface area contributed by atoms with Gasteiger partial charge in [-0.3, -0.25) is 14.7 Å². The van der Waals surface area contributed by atoms with Crippen molar-refractivity contribution in [1.82, 2.24) is 24.8 Å². The highest BCUT2D eigenvalue weighted by atomic mass is 16.5. The minimum absolute atomic E-state index is 0.283. The molecule has 0 unspecified atom stereocenters. The molecule has 2 aliphatic rings. The quantitative estimate of drug-likeness (QED) is 0.566. The van der Waals surface area contributed by atoms with Crippen LogP contribution in [0.25, 0.3) is 11.2 Å². The van der Waals surface area contributed by atoms with Gasteiger partial charge in [0.05, 0.1) is 0 Å². The molecule has 1 amide bonds. The topological polar surface area (TPSA) is 74.3 Å². The Morgan fingerprint density at radius 3 is 2.61 bits per heavy atom. The molecule has 0 bridgehead atoms. The lowest BCUT2D eigenvalue weighted by molar-refractivity contribution is -0.139. The molecule has 1 aliphatic carbocycles. The fraction of sp³-hybridized carbons (Fsp3) is 0.500. The summed E-state index contributed by atoms with van der Waals surface area (Å²) in [5.41, 5.74) is 4.27. The second-order valence-electron chi connectivity index (χ2n) is 9.40. The fourth-order valence-electron chi connectivity index (χ4n) is 4.98. The summed E-state index contributed by atoms with van der Waals surface area (Å²) in [5.74, 6) is 1.95. The SMILES string of the molecule is CN(CCOc1ccccc1)Cc1c(C2CCN(C(=O)C3CCC3)CC2)[nH]c2nccnc12. The number of nitrogens with one attached hydrogen (secondary N) is 1. The van der Waals surface area contributed by atoms with Gasteiger partial charge < -0.3 is 14.6 Å².